The van der Waals surface area contributed by atoms with Gasteiger partial charge in [-0.15, -0.1) is 0 Å². The smallest absolute Gasteiger partial charge is 0.193 e. The van der Waals surface area contributed by atoms with E-state index in [2.05, 4.69) is 38.0 Å². The van der Waals surface area contributed by atoms with Crippen LogP contribution in [0.15, 0.2) is 0 Å². The molecule has 3 heterocycles. The molecule has 0 aromatic heterocycles. The number of nitrogens with one attached hydrogen (secondary N) is 1. The molecule has 0 aromatic carbocycles. The maximum absolute atomic E-state index is 10.2. The maximum atomic E-state index is 10.2. The van der Waals surface area contributed by atoms with Crippen molar-refractivity contribution >= 4 is 0 Å². The summed E-state index contributed by atoms with van der Waals surface area (Å²) in [4.78, 5) is 7.78. The van der Waals surface area contributed by atoms with E-state index in [1.807, 2.05) is 0 Å². The average molecular weight is 427 g/mol. The summed E-state index contributed by atoms with van der Waals surface area (Å²) in [7, 11) is 2.19. The highest BCUT2D eigenvalue weighted by atomic mass is 17.1. The Morgan fingerprint density at radius 2 is 1.73 bits per heavy atom. The van der Waals surface area contributed by atoms with Gasteiger partial charge in [-0.1, -0.05) is 13.8 Å². The van der Waals surface area contributed by atoms with E-state index in [0.717, 1.165) is 45.3 Å². The Bertz CT molecular complexity index is 560. The number of likely N-dealkylation sites (N-methyl/N-ethyl adjacent to an activating group) is 1. The molecule has 0 radical (unpaired) electrons. The van der Waals surface area contributed by atoms with Crippen LogP contribution in [0, 0.1) is 23.7 Å². The molecule has 0 spiro atoms. The van der Waals surface area contributed by atoms with E-state index in [1.165, 1.54) is 12.8 Å². The number of rotatable bonds is 6. The molecule has 0 bridgehead atoms. The van der Waals surface area contributed by atoms with E-state index in [4.69, 9.17) is 19.1 Å². The van der Waals surface area contributed by atoms with Gasteiger partial charge in [-0.25, -0.2) is 4.89 Å². The van der Waals surface area contributed by atoms with Crippen molar-refractivity contribution in [2.24, 2.45) is 23.7 Å². The van der Waals surface area contributed by atoms with Crippen molar-refractivity contribution in [2.45, 2.75) is 89.6 Å². The Hall–Kier alpha value is -0.280. The maximum Gasteiger partial charge on any atom is 0.193 e. The molecule has 4 aliphatic rings. The van der Waals surface area contributed by atoms with E-state index in [-0.39, 0.29) is 30.1 Å². The predicted molar refractivity (Wildman–Crippen MR) is 114 cm³/mol. The largest absolute Gasteiger partial charge is 0.351 e. The fourth-order valence-corrected chi connectivity index (χ4v) is 6.61. The molecule has 1 saturated carbocycles. The molecular formula is C23H42N2O5. The third-order valence-electron chi connectivity index (χ3n) is 8.53. The van der Waals surface area contributed by atoms with Gasteiger partial charge in [-0.2, -0.15) is 0 Å². The lowest BCUT2D eigenvalue weighted by Crippen LogP contribution is -2.67. The molecule has 2 N–H and O–H groups in total. The SMILES string of the molecule is CC1CCC2C(C)CCC3C(C)C(OCCN(C)C4CCNCC4)OC(O1)C23OO. The standard InChI is InChI=1S/C23H42N2O5/c1-15-5-7-20-17(3)21(27-14-13-25(4)18-9-11-24-12-10-18)29-22-23(20,30-26)19(15)8-6-16(2)28-22/h15-22,24,26H,5-14H2,1-4H3. The zero-order valence-electron chi connectivity index (χ0n) is 19.2. The van der Waals surface area contributed by atoms with Crippen molar-refractivity contribution in [1.29, 1.82) is 0 Å². The summed E-state index contributed by atoms with van der Waals surface area (Å²) in [6, 6.07) is 0.626. The molecule has 8 unspecified atom stereocenters. The first-order valence-electron chi connectivity index (χ1n) is 12.1. The Labute approximate surface area is 181 Å². The second kappa shape index (κ2) is 9.69. The molecule has 8 atom stereocenters. The lowest BCUT2D eigenvalue weighted by molar-refractivity contribution is -0.460. The minimum absolute atomic E-state index is 0.0839. The van der Waals surface area contributed by atoms with Crippen molar-refractivity contribution in [3.8, 4) is 0 Å². The summed E-state index contributed by atoms with van der Waals surface area (Å²) in [6.07, 6.45) is 5.68. The monoisotopic (exact) mass is 426 g/mol. The highest BCUT2D eigenvalue weighted by Gasteiger charge is 2.65. The average Bonchev–Trinajstić information content (AvgIpc) is 2.90. The number of ether oxygens (including phenoxy) is 3. The lowest BCUT2D eigenvalue weighted by atomic mass is 9.58. The third kappa shape index (κ3) is 4.19. The Kier molecular flexibility index (Phi) is 7.40. The molecule has 0 aromatic rings. The Balaban J connectivity index is 1.43. The molecule has 0 amide bonds. The minimum atomic E-state index is -0.784. The zero-order valence-corrected chi connectivity index (χ0v) is 19.2. The first-order valence-corrected chi connectivity index (χ1v) is 12.1. The van der Waals surface area contributed by atoms with Gasteiger partial charge in [0.15, 0.2) is 18.2 Å². The fraction of sp³-hybridized carbons (Fsp3) is 1.00. The van der Waals surface area contributed by atoms with Crippen LogP contribution >= 0.6 is 0 Å². The molecule has 174 valence electrons. The first-order chi connectivity index (χ1) is 14.5. The molecule has 7 heteroatoms. The van der Waals surface area contributed by atoms with E-state index in [1.54, 1.807) is 0 Å². The number of piperidine rings is 1. The lowest BCUT2D eigenvalue weighted by Gasteiger charge is -2.57. The van der Waals surface area contributed by atoms with Gasteiger partial charge in [0.1, 0.15) is 0 Å². The van der Waals surface area contributed by atoms with Crippen molar-refractivity contribution in [2.75, 3.05) is 33.3 Å². The Morgan fingerprint density at radius 1 is 1.00 bits per heavy atom. The van der Waals surface area contributed by atoms with Crippen LogP contribution in [-0.2, 0) is 19.1 Å². The van der Waals surface area contributed by atoms with Crippen LogP contribution in [0.5, 0.6) is 0 Å². The molecule has 3 aliphatic heterocycles. The molecule has 30 heavy (non-hydrogen) atoms. The Morgan fingerprint density at radius 3 is 2.47 bits per heavy atom. The number of nitrogens with zero attached hydrogens (tertiary/aromatic N) is 1. The predicted octanol–water partition coefficient (Wildman–Crippen LogP) is 3.09. The second-order valence-corrected chi connectivity index (χ2v) is 10.3. The van der Waals surface area contributed by atoms with Crippen LogP contribution in [0.1, 0.15) is 59.3 Å². The van der Waals surface area contributed by atoms with Crippen molar-refractivity contribution in [3.63, 3.8) is 0 Å². The van der Waals surface area contributed by atoms with Crippen molar-refractivity contribution < 1.29 is 24.4 Å². The van der Waals surface area contributed by atoms with Crippen molar-refractivity contribution in [1.82, 2.24) is 10.2 Å². The molecular weight excluding hydrogens is 384 g/mol. The van der Waals surface area contributed by atoms with Gasteiger partial charge in [-0.05, 0) is 77.4 Å². The van der Waals surface area contributed by atoms with Gasteiger partial charge in [0.2, 0.25) is 0 Å². The minimum Gasteiger partial charge on any atom is -0.351 e. The van der Waals surface area contributed by atoms with E-state index in [0.29, 0.717) is 18.6 Å². The normalized spacial score (nSPS) is 45.2. The van der Waals surface area contributed by atoms with Crippen LogP contribution in [0.2, 0.25) is 0 Å². The summed E-state index contributed by atoms with van der Waals surface area (Å²) in [5, 5.41) is 13.6. The van der Waals surface area contributed by atoms with Gasteiger partial charge < -0.3 is 24.4 Å². The van der Waals surface area contributed by atoms with E-state index < -0.39 is 11.9 Å². The summed E-state index contributed by atoms with van der Waals surface area (Å²) in [5.41, 5.74) is -0.784. The van der Waals surface area contributed by atoms with Crippen LogP contribution < -0.4 is 5.32 Å². The third-order valence-corrected chi connectivity index (χ3v) is 8.53. The first kappa shape index (κ1) is 22.9. The van der Waals surface area contributed by atoms with Gasteiger partial charge in [0, 0.05) is 24.4 Å². The zero-order chi connectivity index (χ0) is 21.3. The summed E-state index contributed by atoms with van der Waals surface area (Å²) in [5.74, 6) is 1.03. The van der Waals surface area contributed by atoms with Gasteiger partial charge in [-0.3, -0.25) is 5.26 Å². The van der Waals surface area contributed by atoms with Crippen molar-refractivity contribution in [3.05, 3.63) is 0 Å². The topological polar surface area (TPSA) is 72.4 Å². The number of hydrogen-bond acceptors (Lipinski definition) is 7. The molecule has 4 rings (SSSR count). The van der Waals surface area contributed by atoms with Crippen LogP contribution in [0.3, 0.4) is 0 Å². The molecule has 7 nitrogen and oxygen atoms in total. The van der Waals surface area contributed by atoms with Crippen LogP contribution in [-0.4, -0.2) is 73.8 Å². The highest BCUT2D eigenvalue weighted by molar-refractivity contribution is 5.07. The summed E-state index contributed by atoms with van der Waals surface area (Å²) < 4.78 is 19.0. The van der Waals surface area contributed by atoms with Gasteiger partial charge in [0.25, 0.3) is 0 Å². The van der Waals surface area contributed by atoms with Gasteiger partial charge >= 0.3 is 0 Å². The second-order valence-electron chi connectivity index (χ2n) is 10.3. The van der Waals surface area contributed by atoms with E-state index in [9.17, 15) is 5.26 Å². The van der Waals surface area contributed by atoms with Gasteiger partial charge in [0.05, 0.1) is 12.7 Å². The molecule has 4 fully saturated rings. The molecule has 1 aliphatic carbocycles. The summed E-state index contributed by atoms with van der Waals surface area (Å²) >= 11 is 0. The van der Waals surface area contributed by atoms with E-state index >= 15 is 0 Å². The number of hydrogen-bond donors (Lipinski definition) is 2. The quantitative estimate of drug-likeness (QED) is 0.499. The highest BCUT2D eigenvalue weighted by Crippen LogP contribution is 2.56. The van der Waals surface area contributed by atoms with Crippen LogP contribution in [0.4, 0.5) is 0 Å². The molecule has 3 saturated heterocycles. The fourth-order valence-electron chi connectivity index (χ4n) is 6.61. The van der Waals surface area contributed by atoms with Crippen LogP contribution in [0.25, 0.3) is 0 Å². The summed E-state index contributed by atoms with van der Waals surface area (Å²) in [6.45, 7) is 10.3.